The van der Waals surface area contributed by atoms with Crippen molar-refractivity contribution in [1.29, 1.82) is 0 Å². The van der Waals surface area contributed by atoms with Crippen molar-refractivity contribution in [3.8, 4) is 0 Å². The van der Waals surface area contributed by atoms with E-state index in [1.165, 1.54) is 0 Å². The van der Waals surface area contributed by atoms with Crippen LogP contribution in [0.3, 0.4) is 0 Å². The number of nitrogens with zero attached hydrogens (tertiary/aromatic N) is 2. The molecule has 5 heteroatoms. The van der Waals surface area contributed by atoms with Gasteiger partial charge in [-0.15, -0.1) is 0 Å². The maximum atomic E-state index is 10.2. The highest BCUT2D eigenvalue weighted by Crippen LogP contribution is 2.32. The fourth-order valence-corrected chi connectivity index (χ4v) is 2.16. The van der Waals surface area contributed by atoms with Crippen LogP contribution < -0.4 is 5.32 Å². The Labute approximate surface area is 81.5 Å². The van der Waals surface area contributed by atoms with E-state index in [1.54, 1.807) is 17.9 Å². The zero-order valence-corrected chi connectivity index (χ0v) is 8.17. The Kier molecular flexibility index (Phi) is 2.06. The molecule has 1 saturated heterocycles. The van der Waals surface area contributed by atoms with E-state index >= 15 is 0 Å². The van der Waals surface area contributed by atoms with E-state index in [0.717, 1.165) is 6.54 Å². The van der Waals surface area contributed by atoms with Crippen molar-refractivity contribution in [3.63, 3.8) is 0 Å². The number of aryl methyl sites for hydroxylation is 1. The Balaban J connectivity index is 2.43. The van der Waals surface area contributed by atoms with Gasteiger partial charge in [-0.3, -0.25) is 4.68 Å². The van der Waals surface area contributed by atoms with Gasteiger partial charge in [-0.2, -0.15) is 5.10 Å². The molecule has 1 unspecified atom stereocenters. The lowest BCUT2D eigenvalue weighted by molar-refractivity contribution is 0.0502. The molecule has 2 rings (SSSR count). The van der Waals surface area contributed by atoms with Gasteiger partial charge in [0.25, 0.3) is 0 Å². The van der Waals surface area contributed by atoms with Crippen molar-refractivity contribution in [2.24, 2.45) is 7.05 Å². The zero-order valence-electron chi connectivity index (χ0n) is 7.42. The first kappa shape index (κ1) is 8.99. The molecule has 72 valence electrons. The minimum atomic E-state index is -0.845. The van der Waals surface area contributed by atoms with Gasteiger partial charge in [0, 0.05) is 13.6 Å². The van der Waals surface area contributed by atoms with Gasteiger partial charge in [0.2, 0.25) is 0 Å². The second-order valence-corrected chi connectivity index (χ2v) is 3.83. The molecule has 0 saturated carbocycles. The lowest BCUT2D eigenvalue weighted by Crippen LogP contribution is -2.31. The van der Waals surface area contributed by atoms with Gasteiger partial charge in [-0.25, -0.2) is 0 Å². The van der Waals surface area contributed by atoms with E-state index in [0.29, 0.717) is 23.7 Å². The number of rotatable bonds is 1. The highest BCUT2D eigenvalue weighted by molar-refractivity contribution is 6.31. The van der Waals surface area contributed by atoms with Crippen molar-refractivity contribution in [1.82, 2.24) is 15.1 Å². The first-order valence-corrected chi connectivity index (χ1v) is 4.62. The Bertz CT molecular complexity index is 298. The van der Waals surface area contributed by atoms with E-state index in [-0.39, 0.29) is 0 Å². The SMILES string of the molecule is Cn1ncc(Cl)c1C1(O)CCNC1. The molecule has 13 heavy (non-hydrogen) atoms. The number of hydrogen-bond acceptors (Lipinski definition) is 3. The molecule has 4 nitrogen and oxygen atoms in total. The summed E-state index contributed by atoms with van der Waals surface area (Å²) < 4.78 is 1.63. The van der Waals surface area contributed by atoms with Gasteiger partial charge in [-0.05, 0) is 13.0 Å². The fourth-order valence-electron chi connectivity index (χ4n) is 1.82. The van der Waals surface area contributed by atoms with Gasteiger partial charge in [0.1, 0.15) is 5.60 Å². The molecule has 2 heterocycles. The molecule has 1 aromatic rings. The standard InChI is InChI=1S/C8H12ClN3O/c1-12-7(6(9)4-11-12)8(13)2-3-10-5-8/h4,10,13H,2-3,5H2,1H3. The number of nitrogens with one attached hydrogen (secondary N) is 1. The lowest BCUT2D eigenvalue weighted by atomic mass is 9.99. The molecule has 1 aliphatic rings. The van der Waals surface area contributed by atoms with Crippen LogP contribution in [0.15, 0.2) is 6.20 Å². The van der Waals surface area contributed by atoms with Crippen molar-refractivity contribution in [3.05, 3.63) is 16.9 Å². The molecule has 0 amide bonds. The quantitative estimate of drug-likeness (QED) is 0.685. The van der Waals surface area contributed by atoms with Gasteiger partial charge < -0.3 is 10.4 Å². The highest BCUT2D eigenvalue weighted by Gasteiger charge is 2.37. The lowest BCUT2D eigenvalue weighted by Gasteiger charge is -2.21. The van der Waals surface area contributed by atoms with Crippen LogP contribution in [0, 0.1) is 0 Å². The summed E-state index contributed by atoms with van der Waals surface area (Å²) in [6, 6.07) is 0. The van der Waals surface area contributed by atoms with Crippen molar-refractivity contribution in [2.75, 3.05) is 13.1 Å². The molecule has 1 aliphatic heterocycles. The molecule has 1 fully saturated rings. The largest absolute Gasteiger partial charge is 0.382 e. The molecule has 0 radical (unpaired) electrons. The minimum absolute atomic E-state index is 0.536. The summed E-state index contributed by atoms with van der Waals surface area (Å²) in [6.07, 6.45) is 2.25. The third kappa shape index (κ3) is 1.35. The van der Waals surface area contributed by atoms with E-state index in [2.05, 4.69) is 10.4 Å². The first-order chi connectivity index (χ1) is 6.13. The molecule has 2 N–H and O–H groups in total. The summed E-state index contributed by atoms with van der Waals surface area (Å²) in [4.78, 5) is 0. The number of halogens is 1. The van der Waals surface area contributed by atoms with Crippen LogP contribution in [0.25, 0.3) is 0 Å². The summed E-state index contributed by atoms with van der Waals surface area (Å²) in [5.41, 5.74) is -0.137. The number of hydrogen-bond donors (Lipinski definition) is 2. The molecule has 0 spiro atoms. The van der Waals surface area contributed by atoms with Crippen LogP contribution in [0.2, 0.25) is 5.02 Å². The minimum Gasteiger partial charge on any atom is -0.382 e. The Morgan fingerprint density at radius 3 is 3.00 bits per heavy atom. The number of β-amino-alcohol motifs (C(OH)–C–C–N with tert-alkyl or cyclic N) is 1. The normalized spacial score (nSPS) is 28.2. The predicted molar refractivity (Wildman–Crippen MR) is 49.6 cm³/mol. The number of aromatic nitrogens is 2. The smallest absolute Gasteiger partial charge is 0.121 e. The van der Waals surface area contributed by atoms with E-state index in [4.69, 9.17) is 11.6 Å². The zero-order chi connectivity index (χ0) is 9.47. The third-order valence-electron chi connectivity index (χ3n) is 2.47. The maximum absolute atomic E-state index is 10.2. The summed E-state index contributed by atoms with van der Waals surface area (Å²) in [7, 11) is 1.79. The Morgan fingerprint density at radius 2 is 2.54 bits per heavy atom. The number of aliphatic hydroxyl groups is 1. The van der Waals surface area contributed by atoms with Crippen LogP contribution in [-0.4, -0.2) is 28.0 Å². The summed E-state index contributed by atoms with van der Waals surface area (Å²) >= 11 is 5.94. The van der Waals surface area contributed by atoms with Crippen LogP contribution in [0.4, 0.5) is 0 Å². The third-order valence-corrected chi connectivity index (χ3v) is 2.74. The van der Waals surface area contributed by atoms with Crippen LogP contribution in [0.5, 0.6) is 0 Å². The van der Waals surface area contributed by atoms with Crippen LogP contribution in [0.1, 0.15) is 12.1 Å². The topological polar surface area (TPSA) is 50.1 Å². The average molecular weight is 202 g/mol. The molecule has 0 bridgehead atoms. The Morgan fingerprint density at radius 1 is 1.77 bits per heavy atom. The molecule has 1 atom stereocenters. The summed E-state index contributed by atoms with van der Waals surface area (Å²) in [5, 5.41) is 17.8. The summed E-state index contributed by atoms with van der Waals surface area (Å²) in [5.74, 6) is 0. The maximum Gasteiger partial charge on any atom is 0.121 e. The van der Waals surface area contributed by atoms with Crippen molar-refractivity contribution in [2.45, 2.75) is 12.0 Å². The summed E-state index contributed by atoms with van der Waals surface area (Å²) in [6.45, 7) is 1.37. The molecular weight excluding hydrogens is 190 g/mol. The van der Waals surface area contributed by atoms with E-state index in [1.807, 2.05) is 0 Å². The van der Waals surface area contributed by atoms with E-state index in [9.17, 15) is 5.11 Å². The van der Waals surface area contributed by atoms with Gasteiger partial charge in [-0.1, -0.05) is 11.6 Å². The van der Waals surface area contributed by atoms with E-state index < -0.39 is 5.60 Å². The molecule has 0 aliphatic carbocycles. The van der Waals surface area contributed by atoms with Crippen LogP contribution in [-0.2, 0) is 12.6 Å². The highest BCUT2D eigenvalue weighted by atomic mass is 35.5. The fraction of sp³-hybridized carbons (Fsp3) is 0.625. The van der Waals surface area contributed by atoms with Crippen LogP contribution >= 0.6 is 11.6 Å². The molecule has 0 aromatic carbocycles. The van der Waals surface area contributed by atoms with Crippen molar-refractivity contribution < 1.29 is 5.11 Å². The van der Waals surface area contributed by atoms with Crippen molar-refractivity contribution >= 4 is 11.6 Å². The monoisotopic (exact) mass is 201 g/mol. The Hall–Kier alpha value is -0.580. The van der Waals surface area contributed by atoms with Gasteiger partial charge in [0.05, 0.1) is 16.9 Å². The second kappa shape index (κ2) is 2.97. The average Bonchev–Trinajstić information content (AvgIpc) is 2.60. The second-order valence-electron chi connectivity index (χ2n) is 3.42. The van der Waals surface area contributed by atoms with Gasteiger partial charge in [0.15, 0.2) is 0 Å². The van der Waals surface area contributed by atoms with Gasteiger partial charge >= 0.3 is 0 Å². The first-order valence-electron chi connectivity index (χ1n) is 4.24. The molecule has 1 aromatic heterocycles. The molecular formula is C8H12ClN3O. The predicted octanol–water partition coefficient (Wildman–Crippen LogP) is 0.254.